The third-order valence-corrected chi connectivity index (χ3v) is 10.7. The van der Waals surface area contributed by atoms with Gasteiger partial charge in [0.05, 0.1) is 42.6 Å². The van der Waals surface area contributed by atoms with Gasteiger partial charge in [0.15, 0.2) is 18.7 Å². The van der Waals surface area contributed by atoms with Crippen molar-refractivity contribution in [2.45, 2.75) is 152 Å². The maximum absolute atomic E-state index is 13.5. The molecule has 14 nitrogen and oxygen atoms in total. The van der Waals surface area contributed by atoms with Crippen LogP contribution in [0.5, 0.6) is 0 Å². The average molecular weight is 733 g/mol. The molecule has 5 N–H and O–H groups in total. The summed E-state index contributed by atoms with van der Waals surface area (Å²) >= 11 is 0. The number of carbonyl (C=O) groups excluding carboxylic acids is 2. The van der Waals surface area contributed by atoms with Crippen LogP contribution in [-0.4, -0.2) is 124 Å². The minimum atomic E-state index is -1.61. The van der Waals surface area contributed by atoms with Crippen molar-refractivity contribution in [1.29, 1.82) is 0 Å². The summed E-state index contributed by atoms with van der Waals surface area (Å²) in [5, 5.41) is 65.4. The van der Waals surface area contributed by atoms with Crippen molar-refractivity contribution in [3.05, 3.63) is 35.9 Å². The van der Waals surface area contributed by atoms with Crippen LogP contribution in [-0.2, 0) is 33.2 Å². The Hall–Kier alpha value is -1.24. The summed E-state index contributed by atoms with van der Waals surface area (Å²) in [5.41, 5.74) is 0.182. The van der Waals surface area contributed by atoms with E-state index in [0.29, 0.717) is 12.8 Å². The van der Waals surface area contributed by atoms with Gasteiger partial charge in [-0.1, -0.05) is 64.2 Å². The van der Waals surface area contributed by atoms with Crippen LogP contribution in [0.4, 0.5) is 0 Å². The Bertz CT molecular complexity index is 1240. The number of esters is 1. The smallest absolute Gasteiger partial charge is 0.547 e. The molecular weight excluding hydrogens is 679 g/mol. The van der Waals surface area contributed by atoms with Crippen LogP contribution in [0.2, 0.25) is 0 Å². The van der Waals surface area contributed by atoms with Gasteiger partial charge < -0.3 is 63.9 Å². The summed E-state index contributed by atoms with van der Waals surface area (Å²) in [6.07, 6.45) is -11.0. The number of carboxylic acids is 1. The molecule has 2 heterocycles. The fourth-order valence-electron chi connectivity index (χ4n) is 7.89. The van der Waals surface area contributed by atoms with E-state index < -0.39 is 98.3 Å². The Morgan fingerprint density at radius 3 is 2.18 bits per heavy atom. The quantitative estimate of drug-likeness (QED) is 0.111. The van der Waals surface area contributed by atoms with Gasteiger partial charge in [-0.05, 0) is 56.1 Å². The van der Waals surface area contributed by atoms with Crippen molar-refractivity contribution in [1.82, 2.24) is 0 Å². The van der Waals surface area contributed by atoms with E-state index >= 15 is 0 Å². The normalized spacial score (nSPS) is 39.8. The van der Waals surface area contributed by atoms with E-state index in [0.717, 1.165) is 32.1 Å². The molecule has 0 unspecified atom stereocenters. The molecule has 0 radical (unpaired) electrons. The molecule has 2 saturated carbocycles. The molecule has 2 saturated heterocycles. The van der Waals surface area contributed by atoms with Crippen LogP contribution in [0.15, 0.2) is 30.3 Å². The molecule has 15 atom stereocenters. The third kappa shape index (κ3) is 10.5. The first-order valence-corrected chi connectivity index (χ1v) is 17.9. The number of carbonyl (C=O) groups is 2. The molecule has 0 spiro atoms. The Labute approximate surface area is 321 Å². The standard InChI is InChI=1S/C36H54O14.Na/c1-18-14-19(2)30(50-35-29(41)28(40)26(38)20(3)45-35)23(15-18)47-36-32(49-34(44)22-12-8-5-9-13-22)31(27(39)25(17-37)48-36)46-24(33(42)43)16-21-10-6-4-7-11-21;/h5,8-9,12-13,18-21,23-32,35-41H,4,6-7,10-11,14-17H2,1-3H3,(H,42,43);/q;+1/p-1/t18-,19+,20+,23-,24+,25-,26-,27+,28-,29+,30-,31+,32-,35+,36-;/m1./s1. The summed E-state index contributed by atoms with van der Waals surface area (Å²) < 4.78 is 36.6. The number of aliphatic carboxylic acids is 1. The molecule has 0 bridgehead atoms. The molecular formula is C36H53NaO14. The third-order valence-electron chi connectivity index (χ3n) is 10.7. The molecule has 2 aliphatic carbocycles. The van der Waals surface area contributed by atoms with Crippen LogP contribution >= 0.6 is 0 Å². The van der Waals surface area contributed by atoms with Crippen LogP contribution in [0, 0.1) is 17.8 Å². The fourth-order valence-corrected chi connectivity index (χ4v) is 7.89. The Morgan fingerprint density at radius 2 is 1.53 bits per heavy atom. The van der Waals surface area contributed by atoms with Gasteiger partial charge >= 0.3 is 35.5 Å². The molecule has 51 heavy (non-hydrogen) atoms. The van der Waals surface area contributed by atoms with Gasteiger partial charge in [-0.3, -0.25) is 0 Å². The number of hydrogen-bond donors (Lipinski definition) is 5. The summed E-state index contributed by atoms with van der Waals surface area (Å²) in [4.78, 5) is 25.9. The number of carboxylic acid groups (broad SMARTS) is 1. The second-order valence-electron chi connectivity index (χ2n) is 14.6. The van der Waals surface area contributed by atoms with Gasteiger partial charge in [0.25, 0.3) is 0 Å². The molecule has 1 aromatic rings. The van der Waals surface area contributed by atoms with Gasteiger partial charge in [-0.2, -0.15) is 0 Å². The van der Waals surface area contributed by atoms with Crippen molar-refractivity contribution in [3.8, 4) is 0 Å². The number of ether oxygens (including phenoxy) is 6. The van der Waals surface area contributed by atoms with E-state index in [9.17, 15) is 40.2 Å². The molecule has 0 amide bonds. The maximum Gasteiger partial charge on any atom is 1.00 e. The van der Waals surface area contributed by atoms with Crippen molar-refractivity contribution in [2.24, 2.45) is 17.8 Å². The zero-order valence-electron chi connectivity index (χ0n) is 29.9. The maximum atomic E-state index is 13.5. The molecule has 4 aliphatic rings. The van der Waals surface area contributed by atoms with E-state index in [2.05, 4.69) is 0 Å². The second kappa shape index (κ2) is 19.4. The molecule has 4 fully saturated rings. The number of hydrogen-bond acceptors (Lipinski definition) is 14. The number of rotatable bonds is 12. The fraction of sp³-hybridized carbons (Fsp3) is 0.778. The van der Waals surface area contributed by atoms with Crippen LogP contribution in [0.1, 0.15) is 82.5 Å². The predicted molar refractivity (Wildman–Crippen MR) is 172 cm³/mol. The first-order valence-electron chi connectivity index (χ1n) is 17.9. The Balaban J connectivity index is 0.00000583. The number of benzene rings is 1. The Kier molecular flexibility index (Phi) is 16.1. The van der Waals surface area contributed by atoms with Crippen LogP contribution < -0.4 is 34.7 Å². The summed E-state index contributed by atoms with van der Waals surface area (Å²) in [7, 11) is 0. The van der Waals surface area contributed by atoms with Crippen LogP contribution in [0.3, 0.4) is 0 Å². The molecule has 5 rings (SSSR count). The number of aliphatic hydroxyl groups excluding tert-OH is 5. The SMILES string of the molecule is C[C@@H]1C[C@H](C)[C@@H](O[C@@H]2O[C@@H](C)[C@@H](O)[C@@H](O)[C@@H]2O)[C@H](O[C@@H]2O[C@H](CO)[C@H](O)[C@H](O[C@@H](CC3CCCCC3)C(=O)[O-])[C@H]2OC(=O)c2ccccc2)C1.[Na+]. The van der Waals surface area contributed by atoms with E-state index in [1.807, 2.05) is 13.8 Å². The zero-order valence-corrected chi connectivity index (χ0v) is 31.9. The molecule has 0 aromatic heterocycles. The van der Waals surface area contributed by atoms with Gasteiger partial charge in [0.1, 0.15) is 36.6 Å². The van der Waals surface area contributed by atoms with E-state index in [-0.39, 0.29) is 59.3 Å². The average Bonchev–Trinajstić information content (AvgIpc) is 3.10. The minimum Gasteiger partial charge on any atom is -0.547 e. The molecule has 15 heteroatoms. The summed E-state index contributed by atoms with van der Waals surface area (Å²) in [5.74, 6) is -2.26. The van der Waals surface area contributed by atoms with Crippen molar-refractivity contribution in [3.63, 3.8) is 0 Å². The summed E-state index contributed by atoms with van der Waals surface area (Å²) in [6, 6.07) is 8.09. The minimum absolute atomic E-state index is 0. The van der Waals surface area contributed by atoms with Gasteiger partial charge in [0.2, 0.25) is 0 Å². The second-order valence-corrected chi connectivity index (χ2v) is 14.6. The first kappa shape index (κ1) is 42.5. The summed E-state index contributed by atoms with van der Waals surface area (Å²) in [6.45, 7) is 4.81. The topological polar surface area (TPSA) is 214 Å². The largest absolute Gasteiger partial charge is 1.00 e. The number of aliphatic hydroxyl groups is 5. The monoisotopic (exact) mass is 732 g/mol. The van der Waals surface area contributed by atoms with E-state index in [4.69, 9.17) is 28.4 Å². The van der Waals surface area contributed by atoms with Crippen molar-refractivity contribution in [2.75, 3.05) is 6.61 Å². The van der Waals surface area contributed by atoms with Crippen molar-refractivity contribution < 1.29 is 98.2 Å². The van der Waals surface area contributed by atoms with Crippen LogP contribution in [0.25, 0.3) is 0 Å². The zero-order chi connectivity index (χ0) is 36.1. The van der Waals surface area contributed by atoms with Crippen molar-refractivity contribution >= 4 is 11.9 Å². The Morgan fingerprint density at radius 1 is 0.843 bits per heavy atom. The molecule has 282 valence electrons. The van der Waals surface area contributed by atoms with E-state index in [1.54, 1.807) is 25.1 Å². The van der Waals surface area contributed by atoms with Gasteiger partial charge in [0, 0.05) is 0 Å². The molecule has 2 aliphatic heterocycles. The van der Waals surface area contributed by atoms with Gasteiger partial charge in [-0.15, -0.1) is 0 Å². The molecule has 1 aromatic carbocycles. The van der Waals surface area contributed by atoms with E-state index in [1.165, 1.54) is 12.1 Å². The predicted octanol–water partition coefficient (Wildman–Crippen LogP) is -2.57. The van der Waals surface area contributed by atoms with Gasteiger partial charge in [-0.25, -0.2) is 4.79 Å². The first-order chi connectivity index (χ1) is 23.9.